The topological polar surface area (TPSA) is 49.6 Å². The van der Waals surface area contributed by atoms with E-state index in [1.807, 2.05) is 0 Å². The molecule has 4 nitrogen and oxygen atoms in total. The Balaban J connectivity index is 1.61. The standard InChI is InChI=1S/C20H31N3O/c1-15-8-16(2)11-23(10-15)20(24)14-22-12-18(9-21)19(13-22)17-6-4-3-5-7-17/h3-7,15-16,18-19H,8-14,21H2,1-2H3/t15?,16?,18-,19+/m1/s1. The van der Waals surface area contributed by atoms with Gasteiger partial charge in [-0.1, -0.05) is 44.2 Å². The first-order chi connectivity index (χ1) is 11.6. The highest BCUT2D eigenvalue weighted by Crippen LogP contribution is 2.32. The van der Waals surface area contributed by atoms with Gasteiger partial charge in [0.2, 0.25) is 5.91 Å². The van der Waals surface area contributed by atoms with Crippen LogP contribution in [0.2, 0.25) is 0 Å². The fourth-order valence-corrected chi connectivity index (χ4v) is 4.56. The van der Waals surface area contributed by atoms with E-state index in [1.54, 1.807) is 0 Å². The summed E-state index contributed by atoms with van der Waals surface area (Å²) in [6, 6.07) is 10.6. The van der Waals surface area contributed by atoms with E-state index in [4.69, 9.17) is 5.73 Å². The molecule has 2 saturated heterocycles. The van der Waals surface area contributed by atoms with E-state index in [-0.39, 0.29) is 5.91 Å². The normalized spacial score (nSPS) is 31.4. The van der Waals surface area contributed by atoms with Crippen LogP contribution in [0.1, 0.15) is 31.7 Å². The number of hydrogen-bond donors (Lipinski definition) is 1. The highest BCUT2D eigenvalue weighted by atomic mass is 16.2. The first kappa shape index (κ1) is 17.4. The van der Waals surface area contributed by atoms with Crippen molar-refractivity contribution >= 4 is 5.91 Å². The molecule has 2 aliphatic rings. The summed E-state index contributed by atoms with van der Waals surface area (Å²) in [5, 5.41) is 0. The fraction of sp³-hybridized carbons (Fsp3) is 0.650. The highest BCUT2D eigenvalue weighted by molar-refractivity contribution is 5.78. The van der Waals surface area contributed by atoms with Crippen molar-refractivity contribution in [3.8, 4) is 0 Å². The Labute approximate surface area is 146 Å². The summed E-state index contributed by atoms with van der Waals surface area (Å²) in [6.07, 6.45) is 1.23. The van der Waals surface area contributed by atoms with Crippen molar-refractivity contribution < 1.29 is 4.79 Å². The zero-order valence-electron chi connectivity index (χ0n) is 15.0. The smallest absolute Gasteiger partial charge is 0.236 e. The molecule has 3 rings (SSSR count). The third-order valence-corrected chi connectivity index (χ3v) is 5.63. The van der Waals surface area contributed by atoms with Gasteiger partial charge in [-0.3, -0.25) is 9.69 Å². The Kier molecular flexibility index (Phi) is 5.57. The fourth-order valence-electron chi connectivity index (χ4n) is 4.56. The van der Waals surface area contributed by atoms with Gasteiger partial charge in [0.15, 0.2) is 0 Å². The predicted molar refractivity (Wildman–Crippen MR) is 97.7 cm³/mol. The molecule has 2 aliphatic heterocycles. The Hall–Kier alpha value is -1.39. The summed E-state index contributed by atoms with van der Waals surface area (Å²) in [4.78, 5) is 17.1. The van der Waals surface area contributed by atoms with Crippen LogP contribution >= 0.6 is 0 Å². The Morgan fingerprint density at radius 1 is 1.08 bits per heavy atom. The molecule has 4 atom stereocenters. The first-order valence-corrected chi connectivity index (χ1v) is 9.32. The number of carbonyl (C=O) groups excluding carboxylic acids is 1. The monoisotopic (exact) mass is 329 g/mol. The van der Waals surface area contributed by atoms with E-state index in [2.05, 4.69) is 54.0 Å². The van der Waals surface area contributed by atoms with Crippen molar-refractivity contribution in [2.45, 2.75) is 26.2 Å². The van der Waals surface area contributed by atoms with E-state index in [1.165, 1.54) is 12.0 Å². The Morgan fingerprint density at radius 3 is 2.38 bits per heavy atom. The minimum absolute atomic E-state index is 0.290. The molecule has 2 unspecified atom stereocenters. The van der Waals surface area contributed by atoms with Gasteiger partial charge in [0, 0.05) is 32.1 Å². The van der Waals surface area contributed by atoms with Crippen LogP contribution in [0.4, 0.5) is 0 Å². The van der Waals surface area contributed by atoms with Gasteiger partial charge >= 0.3 is 0 Å². The van der Waals surface area contributed by atoms with Crippen molar-refractivity contribution in [3.05, 3.63) is 35.9 Å². The van der Waals surface area contributed by atoms with Crippen LogP contribution in [-0.2, 0) is 4.79 Å². The maximum Gasteiger partial charge on any atom is 0.236 e. The van der Waals surface area contributed by atoms with Gasteiger partial charge in [0.1, 0.15) is 0 Å². The Bertz CT molecular complexity index is 537. The van der Waals surface area contributed by atoms with Gasteiger partial charge < -0.3 is 10.6 Å². The van der Waals surface area contributed by atoms with Crippen LogP contribution in [0.3, 0.4) is 0 Å². The quantitative estimate of drug-likeness (QED) is 0.921. The molecule has 1 aromatic rings. The van der Waals surface area contributed by atoms with E-state index in [0.29, 0.717) is 36.8 Å². The lowest BCUT2D eigenvalue weighted by molar-refractivity contribution is -0.134. The molecule has 0 bridgehead atoms. The third-order valence-electron chi connectivity index (χ3n) is 5.63. The van der Waals surface area contributed by atoms with Crippen LogP contribution in [0.15, 0.2) is 30.3 Å². The average molecular weight is 329 g/mol. The molecule has 1 aromatic carbocycles. The third kappa shape index (κ3) is 3.98. The van der Waals surface area contributed by atoms with Crippen molar-refractivity contribution in [2.75, 3.05) is 39.3 Å². The molecular weight excluding hydrogens is 298 g/mol. The van der Waals surface area contributed by atoms with Crippen molar-refractivity contribution in [1.29, 1.82) is 0 Å². The van der Waals surface area contributed by atoms with Crippen molar-refractivity contribution in [3.63, 3.8) is 0 Å². The van der Waals surface area contributed by atoms with Crippen LogP contribution in [0.25, 0.3) is 0 Å². The lowest BCUT2D eigenvalue weighted by atomic mass is 9.89. The van der Waals surface area contributed by atoms with Gasteiger partial charge in [-0.15, -0.1) is 0 Å². The summed E-state index contributed by atoms with van der Waals surface area (Å²) in [7, 11) is 0. The van der Waals surface area contributed by atoms with E-state index >= 15 is 0 Å². The van der Waals surface area contributed by atoms with Crippen LogP contribution in [0, 0.1) is 17.8 Å². The van der Waals surface area contributed by atoms with Gasteiger partial charge in [-0.05, 0) is 36.3 Å². The molecule has 4 heteroatoms. The molecule has 24 heavy (non-hydrogen) atoms. The molecule has 0 spiro atoms. The second-order valence-electron chi connectivity index (χ2n) is 7.95. The summed E-state index contributed by atoms with van der Waals surface area (Å²) in [5.74, 6) is 2.41. The molecule has 0 saturated carbocycles. The molecule has 2 fully saturated rings. The van der Waals surface area contributed by atoms with E-state index in [9.17, 15) is 4.79 Å². The zero-order valence-corrected chi connectivity index (χ0v) is 15.0. The second kappa shape index (κ2) is 7.66. The number of nitrogens with zero attached hydrogens (tertiary/aromatic N) is 2. The van der Waals surface area contributed by atoms with Crippen molar-refractivity contribution in [2.24, 2.45) is 23.5 Å². The average Bonchev–Trinajstić information content (AvgIpc) is 2.97. The summed E-state index contributed by atoms with van der Waals surface area (Å²) < 4.78 is 0. The number of carbonyl (C=O) groups is 1. The molecule has 0 aromatic heterocycles. The maximum atomic E-state index is 12.7. The van der Waals surface area contributed by atoms with Gasteiger partial charge in [-0.25, -0.2) is 0 Å². The SMILES string of the molecule is CC1CC(C)CN(C(=O)CN2C[C@@H](CN)[C@H](c3ccccc3)C2)C1. The molecule has 0 radical (unpaired) electrons. The minimum Gasteiger partial charge on any atom is -0.341 e. The summed E-state index contributed by atoms with van der Waals surface area (Å²) >= 11 is 0. The number of amides is 1. The van der Waals surface area contributed by atoms with Gasteiger partial charge in [0.05, 0.1) is 6.54 Å². The van der Waals surface area contributed by atoms with Gasteiger partial charge in [0.25, 0.3) is 0 Å². The molecular formula is C20H31N3O. The molecule has 1 amide bonds. The summed E-state index contributed by atoms with van der Waals surface area (Å²) in [6.45, 7) is 9.43. The number of piperidine rings is 1. The number of likely N-dealkylation sites (tertiary alicyclic amines) is 2. The van der Waals surface area contributed by atoms with Crippen molar-refractivity contribution in [1.82, 2.24) is 9.80 Å². The lowest BCUT2D eigenvalue weighted by Crippen LogP contribution is -2.46. The zero-order chi connectivity index (χ0) is 17.1. The lowest BCUT2D eigenvalue weighted by Gasteiger charge is -2.35. The number of benzene rings is 1. The maximum absolute atomic E-state index is 12.7. The number of rotatable bonds is 4. The molecule has 132 valence electrons. The number of nitrogens with two attached hydrogens (primary N) is 1. The number of hydrogen-bond acceptors (Lipinski definition) is 3. The molecule has 2 N–H and O–H groups in total. The van der Waals surface area contributed by atoms with Gasteiger partial charge in [-0.2, -0.15) is 0 Å². The minimum atomic E-state index is 0.290. The summed E-state index contributed by atoms with van der Waals surface area (Å²) in [5.41, 5.74) is 7.36. The predicted octanol–water partition coefficient (Wildman–Crippen LogP) is 2.17. The highest BCUT2D eigenvalue weighted by Gasteiger charge is 2.35. The first-order valence-electron chi connectivity index (χ1n) is 9.32. The van der Waals surface area contributed by atoms with E-state index in [0.717, 1.165) is 26.2 Å². The van der Waals surface area contributed by atoms with Crippen LogP contribution < -0.4 is 5.73 Å². The molecule has 0 aliphatic carbocycles. The Morgan fingerprint density at radius 2 is 1.75 bits per heavy atom. The second-order valence-corrected chi connectivity index (χ2v) is 7.95. The van der Waals surface area contributed by atoms with Crippen LogP contribution in [-0.4, -0.2) is 55.0 Å². The largest absolute Gasteiger partial charge is 0.341 e. The molecule has 2 heterocycles. The van der Waals surface area contributed by atoms with E-state index < -0.39 is 0 Å². The van der Waals surface area contributed by atoms with Crippen LogP contribution in [0.5, 0.6) is 0 Å².